The maximum atomic E-state index is 12.5. The van der Waals surface area contributed by atoms with E-state index in [1.807, 2.05) is 0 Å². The summed E-state index contributed by atoms with van der Waals surface area (Å²) in [4.78, 5) is 4.00. The first-order chi connectivity index (χ1) is 9.31. The number of thiazole rings is 1. The van der Waals surface area contributed by atoms with E-state index >= 15 is 0 Å². The molecule has 5 nitrogen and oxygen atoms in total. The van der Waals surface area contributed by atoms with Gasteiger partial charge in [-0.1, -0.05) is 38.0 Å². The number of rotatable bonds is 4. The van der Waals surface area contributed by atoms with Crippen LogP contribution in [0, 0.1) is 18.8 Å². The fourth-order valence-corrected chi connectivity index (χ4v) is 5.65. The summed E-state index contributed by atoms with van der Waals surface area (Å²) in [5, 5.41) is 0.298. The molecule has 1 fully saturated rings. The number of nitrogens with zero attached hydrogens (tertiary/aromatic N) is 1. The van der Waals surface area contributed by atoms with Gasteiger partial charge in [0, 0.05) is 6.04 Å². The second-order valence-corrected chi connectivity index (χ2v) is 8.78. The van der Waals surface area contributed by atoms with Crippen molar-refractivity contribution in [2.75, 3.05) is 5.73 Å². The fraction of sp³-hybridized carbons (Fsp3) is 0.769. The third-order valence-electron chi connectivity index (χ3n) is 4.00. The average Bonchev–Trinajstić information content (AvgIpc) is 2.69. The third kappa shape index (κ3) is 3.32. The standard InChI is InChI=1S/C13H23N3O2S2/c1-8(2)10-6-4-5-7-11(10)16-20(17,18)12-9(3)15-13(14)19-12/h8,10-11,16H,4-7H2,1-3H3,(H2,14,15). The quantitative estimate of drug-likeness (QED) is 0.893. The Morgan fingerprint density at radius 3 is 2.55 bits per heavy atom. The molecule has 2 unspecified atom stereocenters. The molecule has 1 heterocycles. The summed E-state index contributed by atoms with van der Waals surface area (Å²) < 4.78 is 28.1. The first-order valence-corrected chi connectivity index (χ1v) is 9.36. The lowest BCUT2D eigenvalue weighted by Gasteiger charge is -2.34. The molecule has 1 aromatic heterocycles. The molecule has 0 radical (unpaired) electrons. The van der Waals surface area contributed by atoms with Gasteiger partial charge in [0.2, 0.25) is 0 Å². The molecule has 20 heavy (non-hydrogen) atoms. The van der Waals surface area contributed by atoms with Crippen molar-refractivity contribution in [3.8, 4) is 0 Å². The maximum absolute atomic E-state index is 12.5. The zero-order valence-corrected chi connectivity index (χ0v) is 13.9. The number of aryl methyl sites for hydroxylation is 1. The Balaban J connectivity index is 2.21. The molecule has 3 N–H and O–H groups in total. The molecule has 0 saturated heterocycles. The van der Waals surface area contributed by atoms with Crippen molar-refractivity contribution >= 4 is 26.5 Å². The first-order valence-electron chi connectivity index (χ1n) is 7.06. The van der Waals surface area contributed by atoms with Gasteiger partial charge in [0.1, 0.15) is 0 Å². The minimum absolute atomic E-state index is 0.0245. The largest absolute Gasteiger partial charge is 0.375 e. The molecule has 114 valence electrons. The van der Waals surface area contributed by atoms with Gasteiger partial charge in [-0.05, 0) is 31.6 Å². The molecule has 1 saturated carbocycles. The van der Waals surface area contributed by atoms with Gasteiger partial charge in [0.15, 0.2) is 9.34 Å². The maximum Gasteiger partial charge on any atom is 0.252 e. The summed E-state index contributed by atoms with van der Waals surface area (Å²) in [6.07, 6.45) is 4.28. The van der Waals surface area contributed by atoms with Crippen LogP contribution in [0.4, 0.5) is 5.13 Å². The van der Waals surface area contributed by atoms with Crippen molar-refractivity contribution in [1.82, 2.24) is 9.71 Å². The van der Waals surface area contributed by atoms with Crippen molar-refractivity contribution in [2.45, 2.75) is 56.7 Å². The van der Waals surface area contributed by atoms with Crippen LogP contribution in [0.15, 0.2) is 4.21 Å². The lowest BCUT2D eigenvalue weighted by molar-refractivity contribution is 0.226. The van der Waals surface area contributed by atoms with Crippen LogP contribution >= 0.6 is 11.3 Å². The Morgan fingerprint density at radius 1 is 1.35 bits per heavy atom. The Labute approximate surface area is 125 Å². The topological polar surface area (TPSA) is 85.1 Å². The van der Waals surface area contributed by atoms with Crippen LogP contribution in [-0.4, -0.2) is 19.4 Å². The van der Waals surface area contributed by atoms with Crippen molar-refractivity contribution in [3.05, 3.63) is 5.69 Å². The van der Waals surface area contributed by atoms with Crippen LogP contribution in [0.2, 0.25) is 0 Å². The predicted octanol–water partition coefficient (Wildman–Crippen LogP) is 2.53. The Kier molecular flexibility index (Phi) is 4.71. The Hall–Kier alpha value is -0.660. The summed E-state index contributed by atoms with van der Waals surface area (Å²) in [6.45, 7) is 6.00. The zero-order valence-electron chi connectivity index (χ0n) is 12.2. The number of anilines is 1. The lowest BCUT2D eigenvalue weighted by atomic mass is 9.78. The van der Waals surface area contributed by atoms with Crippen LogP contribution in [0.1, 0.15) is 45.2 Å². The van der Waals surface area contributed by atoms with Crippen molar-refractivity contribution in [1.29, 1.82) is 0 Å². The fourth-order valence-electron chi connectivity index (χ4n) is 3.01. The second kappa shape index (κ2) is 5.99. The number of sulfonamides is 1. The molecule has 1 aromatic rings. The third-order valence-corrected chi connectivity index (χ3v) is 7.08. The molecule has 1 aliphatic rings. The molecule has 0 aliphatic heterocycles. The Bertz CT molecular complexity index is 566. The second-order valence-electron chi connectivity index (χ2n) is 5.85. The number of nitrogen functional groups attached to an aromatic ring is 1. The summed E-state index contributed by atoms with van der Waals surface area (Å²) in [5.41, 5.74) is 6.08. The van der Waals surface area contributed by atoms with Crippen molar-refractivity contribution in [3.63, 3.8) is 0 Å². The van der Waals surface area contributed by atoms with Crippen LogP contribution in [0.25, 0.3) is 0 Å². The van der Waals surface area contributed by atoms with Gasteiger partial charge < -0.3 is 5.73 Å². The molecule has 0 bridgehead atoms. The van der Waals surface area contributed by atoms with E-state index in [1.165, 1.54) is 6.42 Å². The van der Waals surface area contributed by atoms with Gasteiger partial charge >= 0.3 is 0 Å². The van der Waals surface area contributed by atoms with Crippen molar-refractivity contribution in [2.24, 2.45) is 11.8 Å². The van der Waals surface area contributed by atoms with Crippen LogP contribution in [0.3, 0.4) is 0 Å². The zero-order chi connectivity index (χ0) is 14.9. The Morgan fingerprint density at radius 2 is 2.00 bits per heavy atom. The highest BCUT2D eigenvalue weighted by Crippen LogP contribution is 2.32. The summed E-state index contributed by atoms with van der Waals surface area (Å²) in [5.74, 6) is 0.889. The number of hydrogen-bond acceptors (Lipinski definition) is 5. The molecule has 0 aromatic carbocycles. The van der Waals surface area contributed by atoms with E-state index in [4.69, 9.17) is 5.73 Å². The molecule has 0 spiro atoms. The smallest absolute Gasteiger partial charge is 0.252 e. The van der Waals surface area contributed by atoms with E-state index < -0.39 is 10.0 Å². The van der Waals surface area contributed by atoms with E-state index in [-0.39, 0.29) is 10.3 Å². The van der Waals surface area contributed by atoms with Gasteiger partial charge in [-0.2, -0.15) is 0 Å². The van der Waals surface area contributed by atoms with E-state index in [0.717, 1.165) is 30.6 Å². The van der Waals surface area contributed by atoms with Gasteiger partial charge in [-0.25, -0.2) is 18.1 Å². The highest BCUT2D eigenvalue weighted by atomic mass is 32.2. The molecule has 7 heteroatoms. The van der Waals surface area contributed by atoms with Crippen LogP contribution in [0.5, 0.6) is 0 Å². The number of nitrogens with one attached hydrogen (secondary N) is 1. The van der Waals surface area contributed by atoms with Gasteiger partial charge in [0.25, 0.3) is 10.0 Å². The summed E-state index contributed by atoms with van der Waals surface area (Å²) in [7, 11) is -3.51. The number of nitrogens with two attached hydrogens (primary N) is 1. The minimum atomic E-state index is -3.51. The van der Waals surface area contributed by atoms with E-state index in [9.17, 15) is 8.42 Å². The first kappa shape index (κ1) is 15.7. The van der Waals surface area contributed by atoms with Crippen LogP contribution < -0.4 is 10.5 Å². The highest BCUT2D eigenvalue weighted by molar-refractivity contribution is 7.91. The summed E-state index contributed by atoms with van der Waals surface area (Å²) >= 11 is 1.04. The normalized spacial score (nSPS) is 24.2. The van der Waals surface area contributed by atoms with E-state index in [1.54, 1.807) is 6.92 Å². The average molecular weight is 317 g/mol. The minimum Gasteiger partial charge on any atom is -0.375 e. The molecular weight excluding hydrogens is 294 g/mol. The number of aromatic nitrogens is 1. The predicted molar refractivity (Wildman–Crippen MR) is 82.2 cm³/mol. The molecule has 1 aliphatic carbocycles. The van der Waals surface area contributed by atoms with Gasteiger partial charge in [-0.3, -0.25) is 0 Å². The van der Waals surface area contributed by atoms with Crippen molar-refractivity contribution < 1.29 is 8.42 Å². The van der Waals surface area contributed by atoms with Gasteiger partial charge in [-0.15, -0.1) is 0 Å². The molecular formula is C13H23N3O2S2. The number of hydrogen-bond donors (Lipinski definition) is 2. The van der Waals surface area contributed by atoms with Gasteiger partial charge in [0.05, 0.1) is 5.69 Å². The SMILES string of the molecule is Cc1nc(N)sc1S(=O)(=O)NC1CCCCC1C(C)C. The monoisotopic (exact) mass is 317 g/mol. The van der Waals surface area contributed by atoms with E-state index in [2.05, 4.69) is 23.6 Å². The van der Waals surface area contributed by atoms with Crippen LogP contribution in [-0.2, 0) is 10.0 Å². The lowest BCUT2D eigenvalue weighted by Crippen LogP contribution is -2.43. The molecule has 0 amide bonds. The summed E-state index contributed by atoms with van der Waals surface area (Å²) in [6, 6.07) is 0.0245. The molecule has 2 rings (SSSR count). The highest BCUT2D eigenvalue weighted by Gasteiger charge is 2.32. The van der Waals surface area contributed by atoms with E-state index in [0.29, 0.717) is 22.7 Å². The molecule has 2 atom stereocenters.